The minimum absolute atomic E-state index is 0.127. The molecular weight excluding hydrogens is 346 g/mol. The van der Waals surface area contributed by atoms with Gasteiger partial charge in [0, 0.05) is 31.4 Å². The lowest BCUT2D eigenvalue weighted by atomic mass is 10.1. The molecule has 0 radical (unpaired) electrons. The normalized spacial score (nSPS) is 18.8. The zero-order valence-electron chi connectivity index (χ0n) is 14.4. The summed E-state index contributed by atoms with van der Waals surface area (Å²) in [4.78, 5) is 2.23. The summed E-state index contributed by atoms with van der Waals surface area (Å²) in [6, 6.07) is 7.63. The van der Waals surface area contributed by atoms with Crippen LogP contribution in [0, 0.1) is 17.2 Å². The van der Waals surface area contributed by atoms with E-state index in [-0.39, 0.29) is 6.04 Å². The van der Waals surface area contributed by atoms with Gasteiger partial charge in [-0.25, -0.2) is 12.7 Å². The lowest BCUT2D eigenvalue weighted by Gasteiger charge is -2.32. The predicted molar refractivity (Wildman–Crippen MR) is 97.8 cm³/mol. The molecule has 1 aliphatic heterocycles. The minimum atomic E-state index is -3.16. The average Bonchev–Trinajstić information content (AvgIpc) is 2.97. The van der Waals surface area contributed by atoms with Crippen molar-refractivity contribution in [3.63, 3.8) is 0 Å². The maximum atomic E-state index is 11.8. The SMILES string of the molecule is CC(C)CCN(c1ccc(C#N)c(Cl)c1)[C@H]1CCN(S(C)(=O)=O)C1. The summed E-state index contributed by atoms with van der Waals surface area (Å²) in [6.07, 6.45) is 3.06. The summed E-state index contributed by atoms with van der Waals surface area (Å²) in [6.45, 7) is 6.21. The Labute approximate surface area is 149 Å². The van der Waals surface area contributed by atoms with E-state index < -0.39 is 10.0 Å². The van der Waals surface area contributed by atoms with Gasteiger partial charge in [-0.1, -0.05) is 25.4 Å². The monoisotopic (exact) mass is 369 g/mol. The van der Waals surface area contributed by atoms with Crippen molar-refractivity contribution in [3.8, 4) is 6.07 Å². The third kappa shape index (κ3) is 4.62. The van der Waals surface area contributed by atoms with E-state index in [1.54, 1.807) is 6.07 Å². The molecule has 0 saturated carbocycles. The van der Waals surface area contributed by atoms with Gasteiger partial charge in [-0.15, -0.1) is 0 Å². The number of nitrogens with zero attached hydrogens (tertiary/aromatic N) is 3. The van der Waals surface area contributed by atoms with Crippen molar-refractivity contribution in [1.82, 2.24) is 4.31 Å². The molecule has 0 amide bonds. The quantitative estimate of drug-likeness (QED) is 0.772. The van der Waals surface area contributed by atoms with Gasteiger partial charge in [0.1, 0.15) is 6.07 Å². The van der Waals surface area contributed by atoms with Crippen molar-refractivity contribution in [2.75, 3.05) is 30.8 Å². The first-order valence-corrected chi connectivity index (χ1v) is 10.4. The second kappa shape index (κ2) is 7.73. The molecule has 1 saturated heterocycles. The Kier molecular flexibility index (Phi) is 6.13. The summed E-state index contributed by atoms with van der Waals surface area (Å²) < 4.78 is 25.1. The van der Waals surface area contributed by atoms with Crippen LogP contribution in [0.5, 0.6) is 0 Å². The number of benzene rings is 1. The first kappa shape index (κ1) is 19.0. The molecule has 0 bridgehead atoms. The van der Waals surface area contributed by atoms with E-state index >= 15 is 0 Å². The van der Waals surface area contributed by atoms with E-state index in [9.17, 15) is 8.42 Å². The zero-order chi connectivity index (χ0) is 17.9. The van der Waals surface area contributed by atoms with E-state index in [4.69, 9.17) is 16.9 Å². The van der Waals surface area contributed by atoms with E-state index in [1.165, 1.54) is 10.6 Å². The Morgan fingerprint density at radius 2 is 2.17 bits per heavy atom. The van der Waals surface area contributed by atoms with Gasteiger partial charge in [-0.2, -0.15) is 5.26 Å². The Balaban J connectivity index is 2.25. The highest BCUT2D eigenvalue weighted by atomic mass is 35.5. The van der Waals surface area contributed by atoms with Gasteiger partial charge < -0.3 is 4.90 Å². The predicted octanol–water partition coefficient (Wildman–Crippen LogP) is 3.10. The third-order valence-corrected chi connectivity index (χ3v) is 5.97. The van der Waals surface area contributed by atoms with Crippen LogP contribution in [0.25, 0.3) is 0 Å². The minimum Gasteiger partial charge on any atom is -0.367 e. The topological polar surface area (TPSA) is 64.4 Å². The largest absolute Gasteiger partial charge is 0.367 e. The number of nitriles is 1. The fraction of sp³-hybridized carbons (Fsp3) is 0.588. The molecule has 0 aliphatic carbocycles. The summed E-state index contributed by atoms with van der Waals surface area (Å²) in [7, 11) is -3.16. The molecule has 1 aromatic rings. The number of halogens is 1. The van der Waals surface area contributed by atoms with Crippen molar-refractivity contribution < 1.29 is 8.42 Å². The molecule has 1 fully saturated rings. The first-order chi connectivity index (χ1) is 11.2. The van der Waals surface area contributed by atoms with Gasteiger partial charge in [-0.3, -0.25) is 0 Å². The Morgan fingerprint density at radius 3 is 2.67 bits per heavy atom. The van der Waals surface area contributed by atoms with E-state index in [2.05, 4.69) is 24.8 Å². The molecule has 2 rings (SSSR count). The van der Waals surface area contributed by atoms with Gasteiger partial charge >= 0.3 is 0 Å². The molecule has 0 N–H and O–H groups in total. The van der Waals surface area contributed by atoms with Gasteiger partial charge in [-0.05, 0) is 37.0 Å². The molecule has 24 heavy (non-hydrogen) atoms. The number of anilines is 1. The number of rotatable bonds is 6. The van der Waals surface area contributed by atoms with Crippen molar-refractivity contribution in [2.45, 2.75) is 32.7 Å². The highest BCUT2D eigenvalue weighted by molar-refractivity contribution is 7.88. The molecule has 7 heteroatoms. The van der Waals surface area contributed by atoms with Crippen molar-refractivity contribution in [2.24, 2.45) is 5.92 Å². The maximum absolute atomic E-state index is 11.8. The van der Waals surface area contributed by atoms with Crippen molar-refractivity contribution in [3.05, 3.63) is 28.8 Å². The summed E-state index contributed by atoms with van der Waals surface area (Å²) in [5, 5.41) is 9.47. The number of sulfonamides is 1. The van der Waals surface area contributed by atoms with Crippen LogP contribution in [-0.2, 0) is 10.0 Å². The fourth-order valence-corrected chi connectivity index (χ4v) is 4.06. The molecule has 1 heterocycles. The molecular formula is C17H24ClN3O2S. The van der Waals surface area contributed by atoms with Crippen molar-refractivity contribution in [1.29, 1.82) is 5.26 Å². The summed E-state index contributed by atoms with van der Waals surface area (Å²) >= 11 is 6.19. The second-order valence-electron chi connectivity index (χ2n) is 6.72. The van der Waals surface area contributed by atoms with Gasteiger partial charge in [0.05, 0.1) is 16.8 Å². The second-order valence-corrected chi connectivity index (χ2v) is 9.11. The van der Waals surface area contributed by atoms with E-state index in [1.807, 2.05) is 12.1 Å². The molecule has 132 valence electrons. The molecule has 1 aliphatic rings. The summed E-state index contributed by atoms with van der Waals surface area (Å²) in [5.41, 5.74) is 1.40. The number of hydrogen-bond acceptors (Lipinski definition) is 4. The lowest BCUT2D eigenvalue weighted by molar-refractivity contribution is 0.469. The fourth-order valence-electron chi connectivity index (χ4n) is 2.96. The first-order valence-electron chi connectivity index (χ1n) is 8.13. The van der Waals surface area contributed by atoms with Gasteiger partial charge in [0.15, 0.2) is 0 Å². The van der Waals surface area contributed by atoms with Gasteiger partial charge in [0.2, 0.25) is 10.0 Å². The maximum Gasteiger partial charge on any atom is 0.211 e. The molecule has 5 nitrogen and oxygen atoms in total. The average molecular weight is 370 g/mol. The Morgan fingerprint density at radius 1 is 1.46 bits per heavy atom. The van der Waals surface area contributed by atoms with Crippen LogP contribution in [0.3, 0.4) is 0 Å². The molecule has 0 spiro atoms. The van der Waals surface area contributed by atoms with Crippen LogP contribution >= 0.6 is 11.6 Å². The smallest absolute Gasteiger partial charge is 0.211 e. The highest BCUT2D eigenvalue weighted by Crippen LogP contribution is 2.29. The van der Waals surface area contributed by atoms with Crippen LogP contribution in [0.2, 0.25) is 5.02 Å². The third-order valence-electron chi connectivity index (χ3n) is 4.39. The van der Waals surface area contributed by atoms with Crippen LogP contribution < -0.4 is 4.90 Å². The van der Waals surface area contributed by atoms with Gasteiger partial charge in [0.25, 0.3) is 0 Å². The molecule has 0 aromatic heterocycles. The standard InChI is InChI=1S/C17H24ClN3O2S/c1-13(2)6-9-21(15-5-4-14(11-19)17(18)10-15)16-7-8-20(12-16)24(3,22)23/h4-5,10,13,16H,6-9,12H2,1-3H3/t16-/m0/s1. The van der Waals surface area contributed by atoms with Crippen molar-refractivity contribution >= 4 is 27.3 Å². The Hall–Kier alpha value is -1.29. The van der Waals surface area contributed by atoms with Crippen LogP contribution in [0.4, 0.5) is 5.69 Å². The molecule has 1 atom stereocenters. The van der Waals surface area contributed by atoms with Crippen LogP contribution in [0.15, 0.2) is 18.2 Å². The zero-order valence-corrected chi connectivity index (χ0v) is 15.9. The van der Waals surface area contributed by atoms with E-state index in [0.29, 0.717) is 29.6 Å². The number of hydrogen-bond donors (Lipinski definition) is 0. The van der Waals surface area contributed by atoms with E-state index in [0.717, 1.165) is 25.1 Å². The molecule has 0 unspecified atom stereocenters. The van der Waals surface area contributed by atoms with Crippen LogP contribution in [-0.4, -0.2) is 44.7 Å². The summed E-state index contributed by atoms with van der Waals surface area (Å²) in [5.74, 6) is 0.550. The lowest BCUT2D eigenvalue weighted by Crippen LogP contribution is -2.39. The highest BCUT2D eigenvalue weighted by Gasteiger charge is 2.32. The molecule has 1 aromatic carbocycles. The Bertz CT molecular complexity index is 728. The van der Waals surface area contributed by atoms with Crippen LogP contribution in [0.1, 0.15) is 32.3 Å².